The number of fused-ring (bicyclic) bond motifs is 1. The largest absolute Gasteiger partial charge is 0.329 e. The SMILES string of the molecule is Cl.Cl.NC[C@H]1Cc2ccccc2CN1. The first kappa shape index (κ1) is 13.7. The fourth-order valence-corrected chi connectivity index (χ4v) is 1.69. The highest BCUT2D eigenvalue weighted by Crippen LogP contribution is 2.15. The van der Waals surface area contributed by atoms with Crippen LogP contribution in [0.5, 0.6) is 0 Å². The van der Waals surface area contributed by atoms with E-state index in [9.17, 15) is 0 Å². The number of nitrogens with two attached hydrogens (primary N) is 1. The zero-order valence-corrected chi connectivity index (χ0v) is 9.53. The zero-order chi connectivity index (χ0) is 8.39. The molecule has 0 saturated carbocycles. The summed E-state index contributed by atoms with van der Waals surface area (Å²) >= 11 is 0. The van der Waals surface area contributed by atoms with Crippen LogP contribution in [0.2, 0.25) is 0 Å². The van der Waals surface area contributed by atoms with E-state index in [-0.39, 0.29) is 24.8 Å². The number of nitrogens with one attached hydrogen (secondary N) is 1. The van der Waals surface area contributed by atoms with Crippen molar-refractivity contribution < 1.29 is 0 Å². The van der Waals surface area contributed by atoms with Crippen molar-refractivity contribution in [3.63, 3.8) is 0 Å². The third kappa shape index (κ3) is 2.85. The van der Waals surface area contributed by atoms with Gasteiger partial charge in [0, 0.05) is 19.1 Å². The van der Waals surface area contributed by atoms with Crippen molar-refractivity contribution >= 4 is 24.8 Å². The molecule has 1 aliphatic heterocycles. The lowest BCUT2D eigenvalue weighted by Crippen LogP contribution is -2.40. The van der Waals surface area contributed by atoms with E-state index in [1.807, 2.05) is 0 Å². The van der Waals surface area contributed by atoms with Crippen molar-refractivity contribution in [2.45, 2.75) is 19.0 Å². The Kier molecular flexibility index (Phi) is 6.12. The molecule has 0 fully saturated rings. The minimum absolute atomic E-state index is 0. The predicted molar refractivity (Wildman–Crippen MR) is 64.3 cm³/mol. The normalized spacial score (nSPS) is 18.8. The Morgan fingerprint density at radius 3 is 2.50 bits per heavy atom. The van der Waals surface area contributed by atoms with Crippen LogP contribution in [0.1, 0.15) is 11.1 Å². The Balaban J connectivity index is 0.000000845. The first-order valence-corrected chi connectivity index (χ1v) is 4.40. The van der Waals surface area contributed by atoms with Crippen LogP contribution < -0.4 is 11.1 Å². The minimum atomic E-state index is 0. The third-order valence-corrected chi connectivity index (χ3v) is 2.45. The fraction of sp³-hybridized carbons (Fsp3) is 0.400. The summed E-state index contributed by atoms with van der Waals surface area (Å²) in [4.78, 5) is 0. The molecule has 0 unspecified atom stereocenters. The van der Waals surface area contributed by atoms with Gasteiger partial charge in [0.25, 0.3) is 0 Å². The average molecular weight is 235 g/mol. The van der Waals surface area contributed by atoms with Crippen molar-refractivity contribution in [2.24, 2.45) is 5.73 Å². The average Bonchev–Trinajstić information content (AvgIpc) is 2.17. The van der Waals surface area contributed by atoms with E-state index in [1.165, 1.54) is 11.1 Å². The Hall–Kier alpha value is -0.280. The molecule has 2 nitrogen and oxygen atoms in total. The van der Waals surface area contributed by atoms with Gasteiger partial charge in [-0.1, -0.05) is 24.3 Å². The molecular weight excluding hydrogens is 219 g/mol. The maximum absolute atomic E-state index is 5.60. The standard InChI is InChI=1S/C10H14N2.2ClH/c11-6-10-5-8-3-1-2-4-9(8)7-12-10;;/h1-4,10,12H,5-7,11H2;2*1H/t10-;;/m1../s1. The molecule has 0 bridgehead atoms. The van der Waals surface area contributed by atoms with E-state index in [4.69, 9.17) is 5.73 Å². The van der Waals surface area contributed by atoms with Crippen LogP contribution in [-0.2, 0) is 13.0 Å². The Morgan fingerprint density at radius 1 is 1.21 bits per heavy atom. The van der Waals surface area contributed by atoms with Crippen LogP contribution in [0, 0.1) is 0 Å². The van der Waals surface area contributed by atoms with Crippen molar-refractivity contribution in [3.8, 4) is 0 Å². The molecule has 0 saturated heterocycles. The van der Waals surface area contributed by atoms with Gasteiger partial charge in [0.05, 0.1) is 0 Å². The molecule has 0 aromatic heterocycles. The molecule has 3 N–H and O–H groups in total. The zero-order valence-electron chi connectivity index (χ0n) is 7.90. The summed E-state index contributed by atoms with van der Waals surface area (Å²) in [6.07, 6.45) is 1.08. The Labute approximate surface area is 97.1 Å². The van der Waals surface area contributed by atoms with Gasteiger partial charge in [0.1, 0.15) is 0 Å². The quantitative estimate of drug-likeness (QED) is 0.774. The van der Waals surface area contributed by atoms with Gasteiger partial charge in [-0.15, -0.1) is 24.8 Å². The Morgan fingerprint density at radius 2 is 1.86 bits per heavy atom. The molecule has 80 valence electrons. The first-order chi connectivity index (χ1) is 5.90. The molecule has 1 aliphatic rings. The van der Waals surface area contributed by atoms with E-state index < -0.39 is 0 Å². The van der Waals surface area contributed by atoms with Gasteiger partial charge < -0.3 is 11.1 Å². The van der Waals surface area contributed by atoms with Crippen molar-refractivity contribution in [1.82, 2.24) is 5.32 Å². The van der Waals surface area contributed by atoms with Gasteiger partial charge in [0.2, 0.25) is 0 Å². The fourth-order valence-electron chi connectivity index (χ4n) is 1.69. The van der Waals surface area contributed by atoms with Crippen molar-refractivity contribution in [1.29, 1.82) is 0 Å². The highest BCUT2D eigenvalue weighted by molar-refractivity contribution is 5.85. The van der Waals surface area contributed by atoms with Gasteiger partial charge >= 0.3 is 0 Å². The van der Waals surface area contributed by atoms with Crippen molar-refractivity contribution in [3.05, 3.63) is 35.4 Å². The molecule has 1 heterocycles. The lowest BCUT2D eigenvalue weighted by molar-refractivity contribution is 0.487. The number of halogens is 2. The molecule has 0 amide bonds. The van der Waals surface area contributed by atoms with Crippen LogP contribution in [0.4, 0.5) is 0 Å². The monoisotopic (exact) mass is 234 g/mol. The van der Waals surface area contributed by atoms with Crippen molar-refractivity contribution in [2.75, 3.05) is 6.54 Å². The number of hydrogen-bond acceptors (Lipinski definition) is 2. The second-order valence-corrected chi connectivity index (χ2v) is 3.29. The topological polar surface area (TPSA) is 38.0 Å². The Bertz CT molecular complexity index is 279. The second kappa shape index (κ2) is 6.25. The van der Waals surface area contributed by atoms with E-state index in [0.717, 1.165) is 19.5 Å². The highest BCUT2D eigenvalue weighted by atomic mass is 35.5. The summed E-state index contributed by atoms with van der Waals surface area (Å²) in [6, 6.07) is 9.02. The van der Waals surface area contributed by atoms with E-state index in [0.29, 0.717) is 6.04 Å². The van der Waals surface area contributed by atoms with Gasteiger partial charge in [-0.25, -0.2) is 0 Å². The van der Waals surface area contributed by atoms with Crippen LogP contribution in [0.3, 0.4) is 0 Å². The van der Waals surface area contributed by atoms with E-state index >= 15 is 0 Å². The minimum Gasteiger partial charge on any atom is -0.329 e. The van der Waals surface area contributed by atoms with E-state index in [1.54, 1.807) is 0 Å². The lowest BCUT2D eigenvalue weighted by atomic mass is 9.96. The van der Waals surface area contributed by atoms with E-state index in [2.05, 4.69) is 29.6 Å². The highest BCUT2D eigenvalue weighted by Gasteiger charge is 2.14. The van der Waals surface area contributed by atoms with Gasteiger partial charge in [0.15, 0.2) is 0 Å². The lowest BCUT2D eigenvalue weighted by Gasteiger charge is -2.24. The number of rotatable bonds is 1. The second-order valence-electron chi connectivity index (χ2n) is 3.29. The molecule has 0 aliphatic carbocycles. The predicted octanol–water partition coefficient (Wildman–Crippen LogP) is 1.50. The smallest absolute Gasteiger partial charge is 0.0233 e. The first-order valence-electron chi connectivity index (χ1n) is 4.40. The molecule has 1 atom stereocenters. The van der Waals surface area contributed by atoms with Gasteiger partial charge in [-0.05, 0) is 17.5 Å². The maximum Gasteiger partial charge on any atom is 0.0233 e. The van der Waals surface area contributed by atoms with Gasteiger partial charge in [-0.2, -0.15) is 0 Å². The molecule has 14 heavy (non-hydrogen) atoms. The summed E-state index contributed by atoms with van der Waals surface area (Å²) < 4.78 is 0. The maximum atomic E-state index is 5.60. The number of hydrogen-bond donors (Lipinski definition) is 2. The molecule has 0 spiro atoms. The molecule has 4 heteroatoms. The summed E-state index contributed by atoms with van der Waals surface area (Å²) in [6.45, 7) is 1.70. The van der Waals surface area contributed by atoms with Gasteiger partial charge in [-0.3, -0.25) is 0 Å². The molecule has 0 radical (unpaired) electrons. The third-order valence-electron chi connectivity index (χ3n) is 2.45. The van der Waals surface area contributed by atoms with Crippen LogP contribution in [0.15, 0.2) is 24.3 Å². The number of benzene rings is 1. The van der Waals surface area contributed by atoms with Crippen LogP contribution in [-0.4, -0.2) is 12.6 Å². The molecule has 2 rings (SSSR count). The van der Waals surface area contributed by atoms with Crippen LogP contribution in [0.25, 0.3) is 0 Å². The summed E-state index contributed by atoms with van der Waals surface area (Å²) in [5, 5.41) is 3.40. The summed E-state index contributed by atoms with van der Waals surface area (Å²) in [5.41, 5.74) is 8.47. The molecule has 1 aromatic carbocycles. The molecular formula is C10H16Cl2N2. The summed E-state index contributed by atoms with van der Waals surface area (Å²) in [5.74, 6) is 0. The summed E-state index contributed by atoms with van der Waals surface area (Å²) in [7, 11) is 0. The van der Waals surface area contributed by atoms with Crippen LogP contribution >= 0.6 is 24.8 Å². The molecule has 1 aromatic rings.